The van der Waals surface area contributed by atoms with Gasteiger partial charge in [0, 0.05) is 22.5 Å². The van der Waals surface area contributed by atoms with Crippen LogP contribution >= 0.6 is 22.7 Å². The number of nitrogens with zero attached hydrogens (tertiary/aromatic N) is 2. The lowest BCUT2D eigenvalue weighted by Gasteiger charge is -2.02. The number of thiazole rings is 1. The van der Waals surface area contributed by atoms with E-state index in [0.717, 1.165) is 17.9 Å². The van der Waals surface area contributed by atoms with E-state index >= 15 is 0 Å². The number of hydrogen-bond acceptors (Lipinski definition) is 6. The van der Waals surface area contributed by atoms with Gasteiger partial charge in [-0.25, -0.2) is 9.97 Å². The van der Waals surface area contributed by atoms with Crippen molar-refractivity contribution < 1.29 is 4.79 Å². The van der Waals surface area contributed by atoms with Crippen LogP contribution in [0.3, 0.4) is 0 Å². The number of anilines is 2. The maximum atomic E-state index is 12.1. The van der Waals surface area contributed by atoms with Crippen LogP contribution in [-0.2, 0) is 6.42 Å². The third kappa shape index (κ3) is 4.37. The summed E-state index contributed by atoms with van der Waals surface area (Å²) in [5.41, 5.74) is 1.36. The Labute approximate surface area is 142 Å². The fourth-order valence-electron chi connectivity index (χ4n) is 2.00. The molecule has 7 heteroatoms. The predicted molar refractivity (Wildman–Crippen MR) is 94.7 cm³/mol. The number of rotatable bonds is 6. The molecule has 0 aromatic carbocycles. The van der Waals surface area contributed by atoms with Gasteiger partial charge in [-0.15, -0.1) is 22.7 Å². The van der Waals surface area contributed by atoms with Gasteiger partial charge in [0.2, 0.25) is 0 Å². The van der Waals surface area contributed by atoms with Crippen molar-refractivity contribution in [3.63, 3.8) is 0 Å². The topological polar surface area (TPSA) is 66.9 Å². The molecular formula is C16H16N4OS2. The lowest BCUT2D eigenvalue weighted by Crippen LogP contribution is -2.25. The minimum absolute atomic E-state index is 0.150. The Hall–Kier alpha value is -2.25. The molecule has 3 aromatic rings. The minimum atomic E-state index is -0.150. The van der Waals surface area contributed by atoms with Gasteiger partial charge in [-0.3, -0.25) is 4.79 Å². The summed E-state index contributed by atoms with van der Waals surface area (Å²) < 4.78 is 0. The Bertz CT molecular complexity index is 783. The summed E-state index contributed by atoms with van der Waals surface area (Å²) in [7, 11) is 0. The lowest BCUT2D eigenvalue weighted by atomic mass is 10.3. The van der Waals surface area contributed by atoms with Gasteiger partial charge in [-0.05, 0) is 36.9 Å². The first-order chi connectivity index (χ1) is 11.2. The normalized spacial score (nSPS) is 10.5. The number of hydrogen-bond donors (Lipinski definition) is 2. The molecule has 5 nitrogen and oxygen atoms in total. The summed E-state index contributed by atoms with van der Waals surface area (Å²) >= 11 is 3.08. The summed E-state index contributed by atoms with van der Waals surface area (Å²) in [5.74, 6) is 0.576. The van der Waals surface area contributed by atoms with Crippen molar-refractivity contribution >= 4 is 39.5 Å². The monoisotopic (exact) mass is 344 g/mol. The predicted octanol–water partition coefficient (Wildman–Crippen LogP) is 3.62. The first-order valence-electron chi connectivity index (χ1n) is 7.17. The summed E-state index contributed by atoms with van der Waals surface area (Å²) in [4.78, 5) is 22.0. The van der Waals surface area contributed by atoms with Crippen molar-refractivity contribution in [1.82, 2.24) is 15.3 Å². The van der Waals surface area contributed by atoms with Crippen LogP contribution in [0.25, 0.3) is 0 Å². The molecule has 0 aliphatic heterocycles. The van der Waals surface area contributed by atoms with Crippen LogP contribution < -0.4 is 10.6 Å². The highest BCUT2D eigenvalue weighted by atomic mass is 32.1. The second-order valence-electron chi connectivity index (χ2n) is 4.91. The first-order valence-corrected chi connectivity index (χ1v) is 8.93. The molecule has 0 radical (unpaired) electrons. The fraction of sp³-hybridized carbons (Fsp3) is 0.188. The van der Waals surface area contributed by atoms with E-state index in [1.165, 1.54) is 16.2 Å². The molecule has 0 bridgehead atoms. The average Bonchev–Trinajstić information content (AvgIpc) is 3.19. The molecule has 0 spiro atoms. The Morgan fingerprint density at radius 2 is 2.09 bits per heavy atom. The van der Waals surface area contributed by atoms with Crippen LogP contribution in [0.4, 0.5) is 10.9 Å². The van der Waals surface area contributed by atoms with E-state index in [1.807, 2.05) is 36.6 Å². The number of pyridine rings is 1. The maximum Gasteiger partial charge on any atom is 0.270 e. The molecule has 0 atom stereocenters. The number of thiophene rings is 1. The van der Waals surface area contributed by atoms with Crippen LogP contribution in [0.5, 0.6) is 0 Å². The first kappa shape index (κ1) is 15.6. The van der Waals surface area contributed by atoms with E-state index < -0.39 is 0 Å². The smallest absolute Gasteiger partial charge is 0.270 e. The lowest BCUT2D eigenvalue weighted by molar-refractivity contribution is 0.0950. The molecule has 3 aromatic heterocycles. The Balaban J connectivity index is 1.54. The second kappa shape index (κ2) is 7.34. The molecule has 23 heavy (non-hydrogen) atoms. The molecule has 118 valence electrons. The molecule has 0 fully saturated rings. The van der Waals surface area contributed by atoms with Crippen molar-refractivity contribution in [1.29, 1.82) is 0 Å². The molecule has 1 amide bonds. The molecule has 0 aliphatic rings. The van der Waals surface area contributed by atoms with Crippen LogP contribution in [0.15, 0.2) is 41.1 Å². The van der Waals surface area contributed by atoms with Gasteiger partial charge in [0.05, 0.1) is 0 Å². The van der Waals surface area contributed by atoms with E-state index in [1.54, 1.807) is 16.7 Å². The van der Waals surface area contributed by atoms with Gasteiger partial charge in [-0.2, -0.15) is 0 Å². The van der Waals surface area contributed by atoms with E-state index in [0.29, 0.717) is 17.4 Å². The zero-order chi connectivity index (χ0) is 16.1. The van der Waals surface area contributed by atoms with E-state index in [2.05, 4.69) is 26.7 Å². The van der Waals surface area contributed by atoms with Gasteiger partial charge < -0.3 is 10.6 Å². The zero-order valence-electron chi connectivity index (χ0n) is 12.6. The van der Waals surface area contributed by atoms with E-state index in [4.69, 9.17) is 0 Å². The average molecular weight is 344 g/mol. The molecule has 0 saturated heterocycles. The number of nitrogens with one attached hydrogen (secondary N) is 2. The van der Waals surface area contributed by atoms with Crippen molar-refractivity contribution in [3.8, 4) is 0 Å². The molecule has 0 saturated carbocycles. The zero-order valence-corrected chi connectivity index (χ0v) is 14.2. The van der Waals surface area contributed by atoms with Crippen LogP contribution in [-0.4, -0.2) is 22.4 Å². The Kier molecular flexibility index (Phi) is 4.99. The fourth-order valence-corrected chi connectivity index (χ4v) is 3.41. The molecule has 2 N–H and O–H groups in total. The summed E-state index contributed by atoms with van der Waals surface area (Å²) in [6.07, 6.45) is 0.839. The Morgan fingerprint density at radius 1 is 1.17 bits per heavy atom. The summed E-state index contributed by atoms with van der Waals surface area (Å²) in [5, 5.41) is 10.5. The summed E-state index contributed by atoms with van der Waals surface area (Å²) in [6, 6.07) is 9.81. The van der Waals surface area contributed by atoms with E-state index in [-0.39, 0.29) is 5.91 Å². The number of aryl methyl sites for hydroxylation is 1. The number of aromatic nitrogens is 2. The van der Waals surface area contributed by atoms with Gasteiger partial charge in [0.25, 0.3) is 5.91 Å². The summed E-state index contributed by atoms with van der Waals surface area (Å²) in [6.45, 7) is 2.54. The molecule has 3 heterocycles. The SMILES string of the molecule is Cc1cccc(Nc2nc(C(=O)NCCc3cccs3)cs2)n1. The van der Waals surface area contributed by atoms with Gasteiger partial charge in [0.1, 0.15) is 11.5 Å². The van der Waals surface area contributed by atoms with Crippen LogP contribution in [0.2, 0.25) is 0 Å². The minimum Gasteiger partial charge on any atom is -0.350 e. The Morgan fingerprint density at radius 3 is 2.87 bits per heavy atom. The maximum absolute atomic E-state index is 12.1. The number of carbonyl (C=O) groups excluding carboxylic acids is 1. The number of amides is 1. The van der Waals surface area contributed by atoms with Gasteiger partial charge >= 0.3 is 0 Å². The van der Waals surface area contributed by atoms with E-state index in [9.17, 15) is 4.79 Å². The highest BCUT2D eigenvalue weighted by Crippen LogP contribution is 2.19. The van der Waals surface area contributed by atoms with Gasteiger partial charge in [0.15, 0.2) is 5.13 Å². The highest BCUT2D eigenvalue weighted by Gasteiger charge is 2.10. The number of carbonyl (C=O) groups is 1. The van der Waals surface area contributed by atoms with Crippen LogP contribution in [0, 0.1) is 6.92 Å². The molecule has 3 rings (SSSR count). The molecule has 0 aliphatic carbocycles. The third-order valence-corrected chi connectivity index (χ3v) is 4.79. The quantitative estimate of drug-likeness (QED) is 0.717. The van der Waals surface area contributed by atoms with Crippen molar-refractivity contribution in [3.05, 3.63) is 57.4 Å². The van der Waals surface area contributed by atoms with Crippen molar-refractivity contribution in [2.24, 2.45) is 0 Å². The standard InChI is InChI=1S/C16H16N4OS2/c1-11-4-2-6-14(18-11)20-16-19-13(10-23-16)15(21)17-8-7-12-5-3-9-22-12/h2-6,9-10H,7-8H2,1H3,(H,17,21)(H,18,19,20). The van der Waals surface area contributed by atoms with Crippen LogP contribution in [0.1, 0.15) is 21.1 Å². The molecule has 0 unspecified atom stereocenters. The van der Waals surface area contributed by atoms with Crippen molar-refractivity contribution in [2.45, 2.75) is 13.3 Å². The molecular weight excluding hydrogens is 328 g/mol. The van der Waals surface area contributed by atoms with Gasteiger partial charge in [-0.1, -0.05) is 12.1 Å². The second-order valence-corrected chi connectivity index (χ2v) is 6.80. The third-order valence-electron chi connectivity index (χ3n) is 3.10. The largest absolute Gasteiger partial charge is 0.350 e. The van der Waals surface area contributed by atoms with Crippen molar-refractivity contribution in [2.75, 3.05) is 11.9 Å². The highest BCUT2D eigenvalue weighted by molar-refractivity contribution is 7.14.